The SMILES string of the molecule is Cc1nn(C2CCS(=O)(=O)C2)c(C)c1S(=O)(=O)Nc1ccccc1Cl. The van der Waals surface area contributed by atoms with Gasteiger partial charge in [-0.25, -0.2) is 16.8 Å². The van der Waals surface area contributed by atoms with Crippen molar-refractivity contribution in [3.05, 3.63) is 40.7 Å². The highest BCUT2D eigenvalue weighted by atomic mass is 35.5. The topological polar surface area (TPSA) is 98.1 Å². The molecular formula is C15H18ClN3O4S2. The van der Waals surface area contributed by atoms with E-state index >= 15 is 0 Å². The second-order valence-corrected chi connectivity index (χ2v) is 10.3. The molecule has 1 aliphatic heterocycles. The van der Waals surface area contributed by atoms with Gasteiger partial charge in [0, 0.05) is 0 Å². The minimum Gasteiger partial charge on any atom is -0.278 e. The van der Waals surface area contributed by atoms with Crippen molar-refractivity contribution in [2.45, 2.75) is 31.2 Å². The van der Waals surface area contributed by atoms with Gasteiger partial charge in [-0.05, 0) is 32.4 Å². The summed E-state index contributed by atoms with van der Waals surface area (Å²) < 4.78 is 53.0. The predicted octanol–water partition coefficient (Wildman–Crippen LogP) is 2.31. The molecule has 3 rings (SSSR count). The van der Waals surface area contributed by atoms with Gasteiger partial charge in [-0.2, -0.15) is 5.10 Å². The fraction of sp³-hybridized carbons (Fsp3) is 0.400. The average molecular weight is 404 g/mol. The highest BCUT2D eigenvalue weighted by molar-refractivity contribution is 7.93. The number of para-hydroxylation sites is 1. The zero-order valence-electron chi connectivity index (χ0n) is 13.7. The Labute approximate surface area is 152 Å². The van der Waals surface area contributed by atoms with Crippen molar-refractivity contribution in [1.82, 2.24) is 9.78 Å². The van der Waals surface area contributed by atoms with Gasteiger partial charge in [0.1, 0.15) is 4.90 Å². The molecule has 1 saturated heterocycles. The maximum Gasteiger partial charge on any atom is 0.265 e. The van der Waals surface area contributed by atoms with Gasteiger partial charge < -0.3 is 0 Å². The number of aromatic nitrogens is 2. The molecule has 0 radical (unpaired) electrons. The summed E-state index contributed by atoms with van der Waals surface area (Å²) in [7, 11) is -7.00. The monoisotopic (exact) mass is 403 g/mol. The van der Waals surface area contributed by atoms with Crippen LogP contribution in [-0.2, 0) is 19.9 Å². The van der Waals surface area contributed by atoms with Crippen LogP contribution in [0.3, 0.4) is 0 Å². The van der Waals surface area contributed by atoms with Crippen molar-refractivity contribution in [3.8, 4) is 0 Å². The van der Waals surface area contributed by atoms with E-state index in [0.717, 1.165) is 0 Å². The van der Waals surface area contributed by atoms with Crippen LogP contribution in [0.2, 0.25) is 5.02 Å². The molecule has 1 atom stereocenters. The molecule has 136 valence electrons. The number of nitrogens with one attached hydrogen (secondary N) is 1. The summed E-state index contributed by atoms with van der Waals surface area (Å²) in [6.45, 7) is 3.22. The number of sulfone groups is 1. The molecule has 0 saturated carbocycles. The number of rotatable bonds is 4. The second-order valence-electron chi connectivity index (χ2n) is 6.09. The lowest BCUT2D eigenvalue weighted by molar-refractivity contribution is 0.484. The van der Waals surface area contributed by atoms with Crippen LogP contribution in [0.25, 0.3) is 0 Å². The van der Waals surface area contributed by atoms with Crippen molar-refractivity contribution in [3.63, 3.8) is 0 Å². The molecular weight excluding hydrogens is 386 g/mol. The molecule has 1 aliphatic rings. The first kappa shape index (κ1) is 18.2. The summed E-state index contributed by atoms with van der Waals surface area (Å²) in [6, 6.07) is 6.20. The highest BCUT2D eigenvalue weighted by Crippen LogP contribution is 2.30. The maximum absolute atomic E-state index is 12.8. The summed E-state index contributed by atoms with van der Waals surface area (Å²) in [5.41, 5.74) is 1.01. The van der Waals surface area contributed by atoms with Crippen molar-refractivity contribution in [2.75, 3.05) is 16.2 Å². The Morgan fingerprint density at radius 3 is 2.56 bits per heavy atom. The molecule has 1 N–H and O–H groups in total. The molecule has 0 amide bonds. The van der Waals surface area contributed by atoms with Gasteiger partial charge in [-0.15, -0.1) is 0 Å². The molecule has 2 heterocycles. The molecule has 0 bridgehead atoms. The Morgan fingerprint density at radius 1 is 1.28 bits per heavy atom. The van der Waals surface area contributed by atoms with Gasteiger partial charge in [0.05, 0.1) is 39.6 Å². The van der Waals surface area contributed by atoms with Crippen molar-refractivity contribution in [2.24, 2.45) is 0 Å². The standard InChI is InChI=1S/C15H18ClN3O4S2/c1-10-15(25(22,23)18-14-6-4-3-5-13(14)16)11(2)19(17-10)12-7-8-24(20,21)9-12/h3-6,12,18H,7-9H2,1-2H3. The lowest BCUT2D eigenvalue weighted by Gasteiger charge is -2.12. The van der Waals surface area contributed by atoms with Crippen LogP contribution in [0, 0.1) is 13.8 Å². The Morgan fingerprint density at radius 2 is 1.96 bits per heavy atom. The average Bonchev–Trinajstić information content (AvgIpc) is 3.00. The van der Waals surface area contributed by atoms with Crippen molar-refractivity contribution < 1.29 is 16.8 Å². The van der Waals surface area contributed by atoms with E-state index in [1.165, 1.54) is 4.68 Å². The largest absolute Gasteiger partial charge is 0.278 e. The van der Waals surface area contributed by atoms with Crippen LogP contribution < -0.4 is 4.72 Å². The molecule has 25 heavy (non-hydrogen) atoms. The lowest BCUT2D eigenvalue weighted by atomic mass is 10.2. The van der Waals surface area contributed by atoms with Crippen LogP contribution in [0.4, 0.5) is 5.69 Å². The Kier molecular flexibility index (Phi) is 4.59. The van der Waals surface area contributed by atoms with Crippen LogP contribution >= 0.6 is 11.6 Å². The molecule has 1 aromatic carbocycles. The van der Waals surface area contributed by atoms with E-state index in [9.17, 15) is 16.8 Å². The number of nitrogens with zero attached hydrogens (tertiary/aromatic N) is 2. The minimum atomic E-state index is -3.90. The van der Waals surface area contributed by atoms with Crippen molar-refractivity contribution in [1.29, 1.82) is 0 Å². The van der Waals surface area contributed by atoms with Gasteiger partial charge in [-0.3, -0.25) is 9.40 Å². The zero-order chi connectivity index (χ0) is 18.4. The molecule has 1 unspecified atom stereocenters. The Bertz CT molecular complexity index is 1030. The fourth-order valence-corrected chi connectivity index (χ4v) is 6.51. The first-order chi connectivity index (χ1) is 11.6. The van der Waals surface area contributed by atoms with Crippen LogP contribution in [0.1, 0.15) is 23.9 Å². The molecule has 0 aliphatic carbocycles. The van der Waals surface area contributed by atoms with Gasteiger partial charge in [0.25, 0.3) is 10.0 Å². The number of hydrogen-bond acceptors (Lipinski definition) is 5. The molecule has 1 fully saturated rings. The van der Waals surface area contributed by atoms with Crippen LogP contribution in [0.5, 0.6) is 0 Å². The van der Waals surface area contributed by atoms with E-state index < -0.39 is 19.9 Å². The van der Waals surface area contributed by atoms with E-state index in [1.54, 1.807) is 38.1 Å². The smallest absolute Gasteiger partial charge is 0.265 e. The highest BCUT2D eigenvalue weighted by Gasteiger charge is 2.33. The first-order valence-electron chi connectivity index (χ1n) is 7.64. The number of sulfonamides is 1. The minimum absolute atomic E-state index is 0.0214. The maximum atomic E-state index is 12.8. The third kappa shape index (κ3) is 3.54. The van der Waals surface area contributed by atoms with E-state index in [0.29, 0.717) is 17.8 Å². The third-order valence-electron chi connectivity index (χ3n) is 4.20. The van der Waals surface area contributed by atoms with Gasteiger partial charge in [0.15, 0.2) is 9.84 Å². The summed E-state index contributed by atoms with van der Waals surface area (Å²) in [5.74, 6) is 0.0718. The van der Waals surface area contributed by atoms with Gasteiger partial charge >= 0.3 is 0 Å². The third-order valence-corrected chi connectivity index (χ3v) is 7.90. The normalized spacial score (nSPS) is 19.9. The molecule has 1 aromatic heterocycles. The predicted molar refractivity (Wildman–Crippen MR) is 96.3 cm³/mol. The quantitative estimate of drug-likeness (QED) is 0.844. The van der Waals surface area contributed by atoms with Crippen LogP contribution in [0.15, 0.2) is 29.2 Å². The van der Waals surface area contributed by atoms with E-state index in [2.05, 4.69) is 9.82 Å². The summed E-state index contributed by atoms with van der Waals surface area (Å²) in [4.78, 5) is 0.0525. The van der Waals surface area contributed by atoms with E-state index in [-0.39, 0.29) is 33.2 Å². The number of anilines is 1. The lowest BCUT2D eigenvalue weighted by Crippen LogP contribution is -2.17. The number of benzene rings is 1. The first-order valence-corrected chi connectivity index (χ1v) is 11.3. The van der Waals surface area contributed by atoms with Gasteiger partial charge in [-0.1, -0.05) is 23.7 Å². The number of halogens is 1. The molecule has 0 spiro atoms. The Hall–Kier alpha value is -1.58. The molecule has 7 nitrogen and oxygen atoms in total. The summed E-state index contributed by atoms with van der Waals surface area (Å²) >= 11 is 6.02. The summed E-state index contributed by atoms with van der Waals surface area (Å²) in [6.07, 6.45) is 0.432. The van der Waals surface area contributed by atoms with E-state index in [4.69, 9.17) is 11.6 Å². The number of hydrogen-bond donors (Lipinski definition) is 1. The van der Waals surface area contributed by atoms with Gasteiger partial charge in [0.2, 0.25) is 0 Å². The Balaban J connectivity index is 1.99. The molecule has 10 heteroatoms. The number of aryl methyl sites for hydroxylation is 1. The second kappa shape index (κ2) is 6.30. The fourth-order valence-electron chi connectivity index (χ4n) is 3.10. The van der Waals surface area contributed by atoms with Crippen molar-refractivity contribution >= 4 is 37.1 Å². The summed E-state index contributed by atoms with van der Waals surface area (Å²) in [5, 5.41) is 4.58. The van der Waals surface area contributed by atoms with E-state index in [1.807, 2.05) is 0 Å². The zero-order valence-corrected chi connectivity index (χ0v) is 16.1. The van der Waals surface area contributed by atoms with Crippen LogP contribution in [-0.4, -0.2) is 38.1 Å². The molecule has 2 aromatic rings.